The van der Waals surface area contributed by atoms with Gasteiger partial charge < -0.3 is 15.3 Å². The number of aliphatic hydroxyl groups excluding tert-OH is 1. The first-order valence-electron chi connectivity index (χ1n) is 4.81. The zero-order valence-corrected chi connectivity index (χ0v) is 8.51. The monoisotopic (exact) mass is 174 g/mol. The van der Waals surface area contributed by atoms with Gasteiger partial charge in [-0.2, -0.15) is 0 Å². The van der Waals surface area contributed by atoms with E-state index in [4.69, 9.17) is 5.11 Å². The summed E-state index contributed by atoms with van der Waals surface area (Å²) in [5, 5.41) is 12.1. The third-order valence-electron chi connectivity index (χ3n) is 1.94. The van der Waals surface area contributed by atoms with Crippen LogP contribution in [0.2, 0.25) is 0 Å². The van der Waals surface area contributed by atoms with Crippen LogP contribution in [0.4, 0.5) is 0 Å². The molecular weight excluding hydrogens is 152 g/mol. The molecule has 0 aromatic rings. The molecule has 0 fully saturated rings. The number of aliphatic hydroxyl groups is 1. The number of hydrogen-bond donors (Lipinski definition) is 2. The number of rotatable bonds is 7. The molecule has 2 N–H and O–H groups in total. The average Bonchev–Trinajstić information content (AvgIpc) is 2.04. The lowest BCUT2D eigenvalue weighted by atomic mass is 10.4. The number of nitrogens with one attached hydrogen (secondary N) is 1. The molecule has 0 aromatic carbocycles. The van der Waals surface area contributed by atoms with E-state index in [1.165, 1.54) is 0 Å². The van der Waals surface area contributed by atoms with Crippen LogP contribution >= 0.6 is 0 Å². The molecular formula is C9H22N2O. The summed E-state index contributed by atoms with van der Waals surface area (Å²) in [6, 6.07) is 0. The summed E-state index contributed by atoms with van der Waals surface area (Å²) in [5.41, 5.74) is 0. The van der Waals surface area contributed by atoms with Gasteiger partial charge in [0, 0.05) is 19.6 Å². The van der Waals surface area contributed by atoms with Crippen molar-refractivity contribution in [3.63, 3.8) is 0 Å². The minimum atomic E-state index is -0.235. The fourth-order valence-electron chi connectivity index (χ4n) is 1.09. The number of nitrogens with zero attached hydrogens (tertiary/aromatic N) is 1. The van der Waals surface area contributed by atoms with Gasteiger partial charge in [0.05, 0.1) is 6.10 Å². The Morgan fingerprint density at radius 2 is 1.92 bits per heavy atom. The van der Waals surface area contributed by atoms with E-state index in [1.54, 1.807) is 6.92 Å². The summed E-state index contributed by atoms with van der Waals surface area (Å²) in [6.07, 6.45) is -0.235. The molecule has 0 radical (unpaired) electrons. The van der Waals surface area contributed by atoms with Crippen LogP contribution in [0.1, 0.15) is 20.8 Å². The van der Waals surface area contributed by atoms with Crippen LogP contribution in [0.15, 0.2) is 0 Å². The van der Waals surface area contributed by atoms with Crippen LogP contribution in [0.5, 0.6) is 0 Å². The normalized spacial score (nSPS) is 13.8. The molecule has 0 spiro atoms. The van der Waals surface area contributed by atoms with E-state index < -0.39 is 0 Å². The van der Waals surface area contributed by atoms with Crippen molar-refractivity contribution in [2.24, 2.45) is 0 Å². The minimum absolute atomic E-state index is 0.235. The van der Waals surface area contributed by atoms with Gasteiger partial charge in [0.15, 0.2) is 0 Å². The molecule has 0 amide bonds. The maximum Gasteiger partial charge on any atom is 0.0636 e. The molecule has 0 bridgehead atoms. The number of hydrogen-bond acceptors (Lipinski definition) is 3. The van der Waals surface area contributed by atoms with Crippen molar-refractivity contribution in [2.45, 2.75) is 26.9 Å². The first kappa shape index (κ1) is 11.9. The van der Waals surface area contributed by atoms with Crippen LogP contribution < -0.4 is 5.32 Å². The van der Waals surface area contributed by atoms with Crippen molar-refractivity contribution in [2.75, 3.05) is 32.7 Å². The molecule has 0 heterocycles. The van der Waals surface area contributed by atoms with Gasteiger partial charge in [0.1, 0.15) is 0 Å². The lowest BCUT2D eigenvalue weighted by Gasteiger charge is -2.18. The van der Waals surface area contributed by atoms with Crippen LogP contribution in [-0.4, -0.2) is 48.8 Å². The fourth-order valence-corrected chi connectivity index (χ4v) is 1.09. The van der Waals surface area contributed by atoms with Gasteiger partial charge in [-0.3, -0.25) is 0 Å². The molecule has 3 nitrogen and oxygen atoms in total. The smallest absolute Gasteiger partial charge is 0.0636 e. The third-order valence-corrected chi connectivity index (χ3v) is 1.94. The highest BCUT2D eigenvalue weighted by Gasteiger charge is 1.98. The van der Waals surface area contributed by atoms with E-state index in [9.17, 15) is 0 Å². The molecule has 0 aromatic heterocycles. The Bertz CT molecular complexity index is 92.5. The van der Waals surface area contributed by atoms with E-state index in [0.717, 1.165) is 26.2 Å². The highest BCUT2D eigenvalue weighted by Crippen LogP contribution is 1.84. The molecule has 12 heavy (non-hydrogen) atoms. The van der Waals surface area contributed by atoms with Gasteiger partial charge in [0.2, 0.25) is 0 Å². The Hall–Kier alpha value is -0.120. The second-order valence-corrected chi connectivity index (χ2v) is 3.08. The molecule has 0 unspecified atom stereocenters. The highest BCUT2D eigenvalue weighted by molar-refractivity contribution is 4.57. The van der Waals surface area contributed by atoms with Crippen molar-refractivity contribution < 1.29 is 5.11 Å². The summed E-state index contributed by atoms with van der Waals surface area (Å²) in [7, 11) is 0. The molecule has 0 aliphatic rings. The zero-order chi connectivity index (χ0) is 9.40. The Kier molecular flexibility index (Phi) is 7.45. The first-order valence-corrected chi connectivity index (χ1v) is 4.81. The minimum Gasteiger partial charge on any atom is -0.392 e. The zero-order valence-electron chi connectivity index (χ0n) is 8.51. The van der Waals surface area contributed by atoms with E-state index in [-0.39, 0.29) is 6.10 Å². The quantitative estimate of drug-likeness (QED) is 0.545. The molecule has 0 saturated carbocycles. The van der Waals surface area contributed by atoms with Crippen LogP contribution in [0.25, 0.3) is 0 Å². The maximum absolute atomic E-state index is 8.96. The molecule has 0 rings (SSSR count). The first-order chi connectivity index (χ1) is 5.70. The van der Waals surface area contributed by atoms with Crippen molar-refractivity contribution in [1.29, 1.82) is 0 Å². The molecule has 74 valence electrons. The summed E-state index contributed by atoms with van der Waals surface area (Å²) >= 11 is 0. The summed E-state index contributed by atoms with van der Waals surface area (Å²) in [6.45, 7) is 11.1. The van der Waals surface area contributed by atoms with E-state index in [1.807, 2.05) is 0 Å². The predicted molar refractivity (Wildman–Crippen MR) is 52.3 cm³/mol. The van der Waals surface area contributed by atoms with Gasteiger partial charge in [-0.15, -0.1) is 0 Å². The van der Waals surface area contributed by atoms with Crippen molar-refractivity contribution >= 4 is 0 Å². The predicted octanol–water partition coefficient (Wildman–Crippen LogP) is 0.299. The molecule has 1 atom stereocenters. The maximum atomic E-state index is 8.96. The standard InChI is InChI=1S/C9H22N2O/c1-4-11(5-2)7-6-10-8-9(3)12/h9-10,12H,4-8H2,1-3H3/t9-/m1/s1. The van der Waals surface area contributed by atoms with Gasteiger partial charge in [-0.05, 0) is 20.0 Å². The lowest BCUT2D eigenvalue weighted by molar-refractivity contribution is 0.188. The fraction of sp³-hybridized carbons (Fsp3) is 1.00. The highest BCUT2D eigenvalue weighted by atomic mass is 16.3. The van der Waals surface area contributed by atoms with Crippen molar-refractivity contribution in [1.82, 2.24) is 10.2 Å². The van der Waals surface area contributed by atoms with Gasteiger partial charge in [0.25, 0.3) is 0 Å². The Morgan fingerprint density at radius 1 is 1.33 bits per heavy atom. The van der Waals surface area contributed by atoms with Crippen LogP contribution in [-0.2, 0) is 0 Å². The molecule has 0 aliphatic heterocycles. The Labute approximate surface area is 75.8 Å². The van der Waals surface area contributed by atoms with E-state index in [0.29, 0.717) is 6.54 Å². The van der Waals surface area contributed by atoms with Gasteiger partial charge >= 0.3 is 0 Å². The summed E-state index contributed by atoms with van der Waals surface area (Å²) < 4.78 is 0. The molecule has 3 heteroatoms. The largest absolute Gasteiger partial charge is 0.392 e. The summed E-state index contributed by atoms with van der Waals surface area (Å²) in [4.78, 5) is 2.36. The van der Waals surface area contributed by atoms with E-state index >= 15 is 0 Å². The SMILES string of the molecule is CCN(CC)CCNC[C@@H](C)O. The molecule has 0 aliphatic carbocycles. The third kappa shape index (κ3) is 6.58. The second kappa shape index (κ2) is 7.53. The average molecular weight is 174 g/mol. The van der Waals surface area contributed by atoms with Crippen molar-refractivity contribution in [3.05, 3.63) is 0 Å². The molecule has 0 saturated heterocycles. The second-order valence-electron chi connectivity index (χ2n) is 3.08. The number of likely N-dealkylation sites (N-methyl/N-ethyl adjacent to an activating group) is 1. The Balaban J connectivity index is 3.17. The van der Waals surface area contributed by atoms with Gasteiger partial charge in [-0.25, -0.2) is 0 Å². The van der Waals surface area contributed by atoms with Crippen LogP contribution in [0, 0.1) is 0 Å². The van der Waals surface area contributed by atoms with E-state index in [2.05, 4.69) is 24.1 Å². The van der Waals surface area contributed by atoms with Crippen molar-refractivity contribution in [3.8, 4) is 0 Å². The lowest BCUT2D eigenvalue weighted by Crippen LogP contribution is -2.34. The Morgan fingerprint density at radius 3 is 2.33 bits per heavy atom. The topological polar surface area (TPSA) is 35.5 Å². The van der Waals surface area contributed by atoms with Crippen LogP contribution in [0.3, 0.4) is 0 Å². The van der Waals surface area contributed by atoms with Gasteiger partial charge in [-0.1, -0.05) is 13.8 Å². The summed E-state index contributed by atoms with van der Waals surface area (Å²) in [5.74, 6) is 0.